The summed E-state index contributed by atoms with van der Waals surface area (Å²) in [7, 11) is 0. The Kier molecular flexibility index (Phi) is 7.95. The van der Waals surface area contributed by atoms with E-state index in [1.807, 2.05) is 6.20 Å². The van der Waals surface area contributed by atoms with E-state index in [1.54, 1.807) is 0 Å². The van der Waals surface area contributed by atoms with Crippen molar-refractivity contribution in [3.05, 3.63) is 224 Å². The summed E-state index contributed by atoms with van der Waals surface area (Å²) in [6, 6.07) is 75.2. The van der Waals surface area contributed by atoms with Crippen LogP contribution >= 0.6 is 0 Å². The predicted molar refractivity (Wildman–Crippen MR) is 268 cm³/mol. The highest BCUT2D eigenvalue weighted by Gasteiger charge is 2.36. The van der Waals surface area contributed by atoms with Crippen LogP contribution in [0.15, 0.2) is 212 Å². The molecule has 0 radical (unpaired) electrons. The number of nitrogens with zero attached hydrogens (tertiary/aromatic N) is 3. The maximum absolute atomic E-state index is 5.23. The summed E-state index contributed by atoms with van der Waals surface area (Å²) in [5.41, 5.74) is 19.9. The standard InChI is InChI=1S/C61H41N3/c1-61(2)54-35-43(39-22-20-38(21-23-39)42-30-33-58-53(34-42)50-16-10-11-19-57(50)64(58)45-12-4-3-5-13-45)28-31-48(54)49-32-29-44(36-55(49)61)40-24-26-41(27-25-40)56-37-62-59-51-17-8-6-14-46(51)47-15-7-9-18-52(47)60(59)63-56/h3-37H,1-2H3. The van der Waals surface area contributed by atoms with E-state index in [9.17, 15) is 0 Å². The van der Waals surface area contributed by atoms with E-state index < -0.39 is 0 Å². The van der Waals surface area contributed by atoms with Crippen LogP contribution in [-0.2, 0) is 5.41 Å². The lowest BCUT2D eigenvalue weighted by Crippen LogP contribution is -2.15. The molecule has 64 heavy (non-hydrogen) atoms. The maximum Gasteiger partial charge on any atom is 0.0979 e. The lowest BCUT2D eigenvalue weighted by atomic mass is 9.81. The molecule has 1 aliphatic rings. The molecule has 13 rings (SSSR count). The molecule has 2 heterocycles. The summed E-state index contributed by atoms with van der Waals surface area (Å²) >= 11 is 0. The molecule has 12 aromatic rings. The third-order valence-corrected chi connectivity index (χ3v) is 13.9. The first-order valence-electron chi connectivity index (χ1n) is 22.1. The highest BCUT2D eigenvalue weighted by molar-refractivity contribution is 6.23. The van der Waals surface area contributed by atoms with Crippen LogP contribution in [0.1, 0.15) is 25.0 Å². The lowest BCUT2D eigenvalue weighted by molar-refractivity contribution is 0.661. The summed E-state index contributed by atoms with van der Waals surface area (Å²) in [6.07, 6.45) is 1.92. The van der Waals surface area contributed by atoms with Gasteiger partial charge in [0, 0.05) is 38.2 Å². The van der Waals surface area contributed by atoms with Crippen molar-refractivity contribution >= 4 is 54.4 Å². The highest BCUT2D eigenvalue weighted by Crippen LogP contribution is 2.51. The van der Waals surface area contributed by atoms with Crippen molar-refractivity contribution in [2.24, 2.45) is 0 Å². The van der Waals surface area contributed by atoms with Gasteiger partial charge in [0.2, 0.25) is 0 Å². The summed E-state index contributed by atoms with van der Waals surface area (Å²) < 4.78 is 2.37. The number of para-hydroxylation sites is 2. The Morgan fingerprint density at radius 2 is 0.812 bits per heavy atom. The summed E-state index contributed by atoms with van der Waals surface area (Å²) in [5, 5.41) is 7.20. The van der Waals surface area contributed by atoms with Gasteiger partial charge in [-0.2, -0.15) is 0 Å². The van der Waals surface area contributed by atoms with Crippen LogP contribution in [0.4, 0.5) is 0 Å². The monoisotopic (exact) mass is 815 g/mol. The number of rotatable bonds is 5. The number of fused-ring (bicyclic) bond motifs is 12. The average Bonchev–Trinajstić information content (AvgIpc) is 3.81. The molecule has 0 aliphatic heterocycles. The molecule has 0 saturated heterocycles. The number of benzene rings is 10. The van der Waals surface area contributed by atoms with Crippen molar-refractivity contribution < 1.29 is 0 Å². The van der Waals surface area contributed by atoms with Crippen molar-refractivity contribution in [2.45, 2.75) is 19.3 Å². The number of aromatic nitrogens is 3. The van der Waals surface area contributed by atoms with Gasteiger partial charge in [-0.3, -0.25) is 4.98 Å². The van der Waals surface area contributed by atoms with Gasteiger partial charge in [-0.1, -0.05) is 178 Å². The molecule has 0 saturated carbocycles. The second-order valence-electron chi connectivity index (χ2n) is 17.8. The summed E-state index contributed by atoms with van der Waals surface area (Å²) in [4.78, 5) is 10.2. The Bertz CT molecular complexity index is 3800. The molecule has 1 aliphatic carbocycles. The Morgan fingerprint density at radius 1 is 0.359 bits per heavy atom. The van der Waals surface area contributed by atoms with Gasteiger partial charge >= 0.3 is 0 Å². The molecule has 0 unspecified atom stereocenters. The molecule has 3 nitrogen and oxygen atoms in total. The van der Waals surface area contributed by atoms with Crippen LogP contribution in [-0.4, -0.2) is 14.5 Å². The van der Waals surface area contributed by atoms with Gasteiger partial charge in [0.25, 0.3) is 0 Å². The largest absolute Gasteiger partial charge is 0.309 e. The van der Waals surface area contributed by atoms with E-state index in [0.717, 1.165) is 33.1 Å². The molecule has 3 heteroatoms. The third kappa shape index (κ3) is 5.54. The molecule has 0 bridgehead atoms. The average molecular weight is 816 g/mol. The Balaban J connectivity index is 0.786. The molecule has 0 fully saturated rings. The van der Waals surface area contributed by atoms with E-state index in [2.05, 4.69) is 225 Å². The minimum atomic E-state index is -0.154. The fourth-order valence-corrected chi connectivity index (χ4v) is 10.6. The van der Waals surface area contributed by atoms with Crippen LogP contribution in [0.5, 0.6) is 0 Å². The van der Waals surface area contributed by atoms with E-state index >= 15 is 0 Å². The van der Waals surface area contributed by atoms with Crippen molar-refractivity contribution in [3.63, 3.8) is 0 Å². The third-order valence-electron chi connectivity index (χ3n) is 13.9. The highest BCUT2D eigenvalue weighted by atomic mass is 15.0. The van der Waals surface area contributed by atoms with E-state index in [4.69, 9.17) is 9.97 Å². The van der Waals surface area contributed by atoms with E-state index in [1.165, 1.54) is 93.9 Å². The number of hydrogen-bond donors (Lipinski definition) is 0. The van der Waals surface area contributed by atoms with Crippen molar-refractivity contribution in [1.82, 2.24) is 14.5 Å². The second kappa shape index (κ2) is 13.9. The molecule has 0 amide bonds. The van der Waals surface area contributed by atoms with Gasteiger partial charge in [0.05, 0.1) is 34.0 Å². The second-order valence-corrected chi connectivity index (χ2v) is 17.8. The first-order valence-corrected chi connectivity index (χ1v) is 22.1. The Morgan fingerprint density at radius 3 is 1.42 bits per heavy atom. The van der Waals surface area contributed by atoms with Crippen molar-refractivity contribution in [1.29, 1.82) is 0 Å². The number of hydrogen-bond acceptors (Lipinski definition) is 2. The van der Waals surface area contributed by atoms with Gasteiger partial charge in [-0.15, -0.1) is 0 Å². The Labute approximate surface area is 371 Å². The summed E-state index contributed by atoms with van der Waals surface area (Å²) in [5.74, 6) is 0. The first kappa shape index (κ1) is 36.5. The van der Waals surface area contributed by atoms with E-state index in [0.29, 0.717) is 0 Å². The quantitative estimate of drug-likeness (QED) is 0.162. The summed E-state index contributed by atoms with van der Waals surface area (Å²) in [6.45, 7) is 4.74. The van der Waals surface area contributed by atoms with Crippen LogP contribution in [0.3, 0.4) is 0 Å². The fraction of sp³-hybridized carbons (Fsp3) is 0.0492. The van der Waals surface area contributed by atoms with Gasteiger partial charge in [-0.05, 0) is 109 Å². The zero-order valence-electron chi connectivity index (χ0n) is 35.5. The molecule has 0 atom stereocenters. The van der Waals surface area contributed by atoms with Gasteiger partial charge in [-0.25, -0.2) is 4.98 Å². The van der Waals surface area contributed by atoms with Gasteiger partial charge in [0.15, 0.2) is 0 Å². The van der Waals surface area contributed by atoms with Crippen molar-refractivity contribution in [2.75, 3.05) is 0 Å². The molecule has 2 aromatic heterocycles. The normalized spacial score (nSPS) is 13.0. The molecule has 10 aromatic carbocycles. The van der Waals surface area contributed by atoms with Gasteiger partial charge in [0.1, 0.15) is 0 Å². The van der Waals surface area contributed by atoms with Crippen LogP contribution in [0.2, 0.25) is 0 Å². The minimum absolute atomic E-state index is 0.154. The lowest BCUT2D eigenvalue weighted by Gasteiger charge is -2.22. The minimum Gasteiger partial charge on any atom is -0.309 e. The molecule has 0 spiro atoms. The molecular formula is C61H41N3. The topological polar surface area (TPSA) is 30.7 Å². The van der Waals surface area contributed by atoms with E-state index in [-0.39, 0.29) is 5.41 Å². The predicted octanol–water partition coefficient (Wildman–Crippen LogP) is 16.0. The van der Waals surface area contributed by atoms with Crippen molar-refractivity contribution in [3.8, 4) is 61.5 Å². The maximum atomic E-state index is 5.23. The molecule has 300 valence electrons. The zero-order chi connectivity index (χ0) is 42.5. The molecular weight excluding hydrogens is 775 g/mol. The Hall–Kier alpha value is -8.14. The zero-order valence-corrected chi connectivity index (χ0v) is 35.5. The first-order chi connectivity index (χ1) is 31.5. The SMILES string of the molecule is CC1(C)c2cc(-c3ccc(-c4ccc5c(c4)c4ccccc4n5-c4ccccc4)cc3)ccc2-c2ccc(-c3ccc(-c4cnc5c6ccccc6c6ccccc6c5n4)cc3)cc21. The smallest absolute Gasteiger partial charge is 0.0979 e. The van der Waals surface area contributed by atoms with Crippen LogP contribution < -0.4 is 0 Å². The fourth-order valence-electron chi connectivity index (χ4n) is 10.6. The van der Waals surface area contributed by atoms with Crippen LogP contribution in [0.25, 0.3) is 116 Å². The molecule has 0 N–H and O–H groups in total. The van der Waals surface area contributed by atoms with Crippen LogP contribution in [0, 0.1) is 0 Å². The van der Waals surface area contributed by atoms with Gasteiger partial charge < -0.3 is 4.57 Å².